The molecule has 1 N–H and O–H groups in total. The van der Waals surface area contributed by atoms with E-state index in [4.69, 9.17) is 0 Å². The average Bonchev–Trinajstić information content (AvgIpc) is 2.24. The quantitative estimate of drug-likeness (QED) is 0.572. The lowest BCUT2D eigenvalue weighted by molar-refractivity contribution is -0.121. The van der Waals surface area contributed by atoms with Gasteiger partial charge in [0.2, 0.25) is 5.91 Å². The summed E-state index contributed by atoms with van der Waals surface area (Å²) in [5, 5.41) is 2.96. The van der Waals surface area contributed by atoms with Crippen molar-refractivity contribution >= 4 is 5.91 Å². The number of hydrogen-bond donors (Lipinski definition) is 1. The fourth-order valence-electron chi connectivity index (χ4n) is 1.77. The number of nitrogens with one attached hydrogen (secondary N) is 1. The van der Waals surface area contributed by atoms with Gasteiger partial charge in [-0.15, -0.1) is 0 Å². The molecule has 0 spiro atoms. The molecule has 0 aromatic rings. The Kier molecular flexibility index (Phi) is 10.3. The summed E-state index contributed by atoms with van der Waals surface area (Å²) >= 11 is 0. The number of amides is 1. The highest BCUT2D eigenvalue weighted by Crippen LogP contribution is 2.11. The normalized spacial score (nSPS) is 11.2. The van der Waals surface area contributed by atoms with Crippen molar-refractivity contribution in [3.8, 4) is 0 Å². The molecule has 1 amide bonds. The maximum atomic E-state index is 11.4. The number of hydrogen-bond acceptors (Lipinski definition) is 1. The minimum Gasteiger partial charge on any atom is -0.356 e. The van der Waals surface area contributed by atoms with E-state index in [1.807, 2.05) is 0 Å². The molecule has 0 saturated heterocycles. The van der Waals surface area contributed by atoms with Gasteiger partial charge in [-0.2, -0.15) is 0 Å². The molecule has 17 heavy (non-hydrogen) atoms. The molecule has 0 aliphatic carbocycles. The predicted octanol–water partition coefficient (Wildman–Crippen LogP) is 4.15. The first-order chi connectivity index (χ1) is 8.02. The molecule has 0 bridgehead atoms. The molecule has 0 aromatic carbocycles. The summed E-state index contributed by atoms with van der Waals surface area (Å²) in [4.78, 5) is 11.4. The minimum atomic E-state index is 0.223. The van der Waals surface area contributed by atoms with Crippen LogP contribution >= 0.6 is 0 Å². The Labute approximate surface area is 108 Å². The Hall–Kier alpha value is -0.530. The van der Waals surface area contributed by atoms with E-state index in [0.29, 0.717) is 12.3 Å². The molecule has 0 aliphatic rings. The number of rotatable bonds is 10. The van der Waals surface area contributed by atoms with Gasteiger partial charge in [-0.3, -0.25) is 4.79 Å². The van der Waals surface area contributed by atoms with Gasteiger partial charge >= 0.3 is 0 Å². The van der Waals surface area contributed by atoms with Gasteiger partial charge in [-0.05, 0) is 18.3 Å². The predicted molar refractivity (Wildman–Crippen MR) is 75.0 cm³/mol. The van der Waals surface area contributed by atoms with E-state index in [-0.39, 0.29) is 5.91 Å². The Bertz CT molecular complexity index is 187. The zero-order chi connectivity index (χ0) is 13.1. The Morgan fingerprint density at radius 2 is 1.47 bits per heavy atom. The second kappa shape index (κ2) is 10.6. The van der Waals surface area contributed by atoms with E-state index < -0.39 is 0 Å². The van der Waals surface area contributed by atoms with Crippen LogP contribution in [0.3, 0.4) is 0 Å². The van der Waals surface area contributed by atoms with Crippen LogP contribution in [0.25, 0.3) is 0 Å². The lowest BCUT2D eigenvalue weighted by Gasteiger charge is -2.07. The molecular formula is C15H31NO. The van der Waals surface area contributed by atoms with Crippen LogP contribution < -0.4 is 5.32 Å². The molecular weight excluding hydrogens is 210 g/mol. The van der Waals surface area contributed by atoms with Crippen molar-refractivity contribution < 1.29 is 4.79 Å². The van der Waals surface area contributed by atoms with Crippen LogP contribution in [0.2, 0.25) is 0 Å². The molecule has 0 unspecified atom stereocenters. The van der Waals surface area contributed by atoms with Crippen molar-refractivity contribution in [2.24, 2.45) is 11.8 Å². The fraction of sp³-hybridized carbons (Fsp3) is 0.933. The SMILES string of the molecule is CC(C)CCCCCCCC(=O)NCC(C)C. The fourth-order valence-corrected chi connectivity index (χ4v) is 1.77. The van der Waals surface area contributed by atoms with Crippen LogP contribution in [0.4, 0.5) is 0 Å². The van der Waals surface area contributed by atoms with Crippen molar-refractivity contribution in [3.05, 3.63) is 0 Å². The highest BCUT2D eigenvalue weighted by Gasteiger charge is 2.01. The van der Waals surface area contributed by atoms with E-state index in [1.165, 1.54) is 32.1 Å². The second-order valence-electron chi connectivity index (χ2n) is 5.90. The maximum absolute atomic E-state index is 11.4. The second-order valence-corrected chi connectivity index (χ2v) is 5.90. The Balaban J connectivity index is 3.19. The summed E-state index contributed by atoms with van der Waals surface area (Å²) in [6, 6.07) is 0. The molecule has 0 aliphatic heterocycles. The monoisotopic (exact) mass is 241 g/mol. The molecule has 2 heteroatoms. The molecule has 0 atom stereocenters. The van der Waals surface area contributed by atoms with Crippen molar-refractivity contribution in [2.45, 2.75) is 72.6 Å². The zero-order valence-corrected chi connectivity index (χ0v) is 12.2. The van der Waals surface area contributed by atoms with Crippen LogP contribution in [0.15, 0.2) is 0 Å². The third kappa shape index (κ3) is 13.4. The number of unbranched alkanes of at least 4 members (excludes halogenated alkanes) is 4. The summed E-state index contributed by atoms with van der Waals surface area (Å²) in [5.41, 5.74) is 0. The van der Waals surface area contributed by atoms with Crippen molar-refractivity contribution in [3.63, 3.8) is 0 Å². The Morgan fingerprint density at radius 1 is 0.882 bits per heavy atom. The van der Waals surface area contributed by atoms with Gasteiger partial charge in [0.25, 0.3) is 0 Å². The topological polar surface area (TPSA) is 29.1 Å². The van der Waals surface area contributed by atoms with Crippen molar-refractivity contribution in [1.29, 1.82) is 0 Å². The van der Waals surface area contributed by atoms with Crippen molar-refractivity contribution in [2.75, 3.05) is 6.54 Å². The lowest BCUT2D eigenvalue weighted by Crippen LogP contribution is -2.26. The standard InChI is InChI=1S/C15H31NO/c1-13(2)10-8-6-5-7-9-11-15(17)16-12-14(3)4/h13-14H,5-12H2,1-4H3,(H,16,17). The van der Waals surface area contributed by atoms with E-state index >= 15 is 0 Å². The van der Waals surface area contributed by atoms with Gasteiger partial charge in [0.05, 0.1) is 0 Å². The smallest absolute Gasteiger partial charge is 0.220 e. The maximum Gasteiger partial charge on any atom is 0.220 e. The summed E-state index contributed by atoms with van der Waals surface area (Å²) in [7, 11) is 0. The first kappa shape index (κ1) is 16.5. The minimum absolute atomic E-state index is 0.223. The van der Waals surface area contributed by atoms with Gasteiger partial charge in [-0.25, -0.2) is 0 Å². The first-order valence-electron chi connectivity index (χ1n) is 7.29. The van der Waals surface area contributed by atoms with E-state index in [1.54, 1.807) is 0 Å². The van der Waals surface area contributed by atoms with Crippen LogP contribution in [0, 0.1) is 11.8 Å². The molecule has 2 nitrogen and oxygen atoms in total. The van der Waals surface area contributed by atoms with E-state index in [2.05, 4.69) is 33.0 Å². The average molecular weight is 241 g/mol. The summed E-state index contributed by atoms with van der Waals surface area (Å²) in [5.74, 6) is 1.60. The van der Waals surface area contributed by atoms with Gasteiger partial charge in [0, 0.05) is 13.0 Å². The molecule has 0 fully saturated rings. The summed E-state index contributed by atoms with van der Waals surface area (Å²) in [6.07, 6.45) is 8.25. The van der Waals surface area contributed by atoms with Crippen molar-refractivity contribution in [1.82, 2.24) is 5.32 Å². The number of carbonyl (C=O) groups excluding carboxylic acids is 1. The van der Waals surface area contributed by atoms with Crippen LogP contribution in [0.5, 0.6) is 0 Å². The summed E-state index contributed by atoms with van der Waals surface area (Å²) in [6.45, 7) is 9.61. The summed E-state index contributed by atoms with van der Waals surface area (Å²) < 4.78 is 0. The highest BCUT2D eigenvalue weighted by molar-refractivity contribution is 5.75. The molecule has 0 rings (SSSR count). The van der Waals surface area contributed by atoms with Gasteiger partial charge in [-0.1, -0.05) is 59.8 Å². The molecule has 0 saturated carbocycles. The first-order valence-corrected chi connectivity index (χ1v) is 7.29. The van der Waals surface area contributed by atoms with E-state index in [9.17, 15) is 4.79 Å². The third-order valence-electron chi connectivity index (χ3n) is 2.89. The van der Waals surface area contributed by atoms with Crippen LogP contribution in [-0.2, 0) is 4.79 Å². The van der Waals surface area contributed by atoms with Gasteiger partial charge < -0.3 is 5.32 Å². The van der Waals surface area contributed by atoms with Gasteiger partial charge in [0.1, 0.15) is 0 Å². The third-order valence-corrected chi connectivity index (χ3v) is 2.89. The number of carbonyl (C=O) groups is 1. The van der Waals surface area contributed by atoms with E-state index in [0.717, 1.165) is 18.9 Å². The zero-order valence-electron chi connectivity index (χ0n) is 12.2. The Morgan fingerprint density at radius 3 is 2.06 bits per heavy atom. The molecule has 0 radical (unpaired) electrons. The molecule has 0 heterocycles. The van der Waals surface area contributed by atoms with Crippen LogP contribution in [0.1, 0.15) is 72.6 Å². The molecule has 102 valence electrons. The highest BCUT2D eigenvalue weighted by atomic mass is 16.1. The van der Waals surface area contributed by atoms with Crippen LogP contribution in [-0.4, -0.2) is 12.5 Å². The van der Waals surface area contributed by atoms with Gasteiger partial charge in [0.15, 0.2) is 0 Å². The lowest BCUT2D eigenvalue weighted by atomic mass is 10.0. The molecule has 0 aromatic heterocycles. The largest absolute Gasteiger partial charge is 0.356 e.